The monoisotopic (exact) mass is 398 g/mol. The van der Waals surface area contributed by atoms with E-state index >= 15 is 0 Å². The fourth-order valence-corrected chi connectivity index (χ4v) is 2.16. The fraction of sp³-hybridized carbons (Fsp3) is 0.579. The van der Waals surface area contributed by atoms with E-state index in [9.17, 15) is 9.59 Å². The Hall–Kier alpha value is -2.20. The number of hydrogen-bond acceptors (Lipinski definition) is 7. The summed E-state index contributed by atoms with van der Waals surface area (Å²) < 4.78 is 25.6. The van der Waals surface area contributed by atoms with Crippen molar-refractivity contribution in [1.82, 2.24) is 10.6 Å². The van der Waals surface area contributed by atoms with E-state index in [4.69, 9.17) is 23.7 Å². The summed E-state index contributed by atoms with van der Waals surface area (Å²) in [6.45, 7) is 3.90. The highest BCUT2D eigenvalue weighted by molar-refractivity contribution is 5.86. The Kier molecular flexibility index (Phi) is 11.8. The molecule has 0 saturated heterocycles. The Bertz CT molecular complexity index is 571. The third-order valence-corrected chi connectivity index (χ3v) is 3.72. The van der Waals surface area contributed by atoms with Crippen molar-refractivity contribution in [3.8, 4) is 0 Å². The number of hydrogen-bond donors (Lipinski definition) is 2. The molecule has 2 N–H and O–H groups in total. The molecule has 0 unspecified atom stereocenters. The van der Waals surface area contributed by atoms with Crippen molar-refractivity contribution >= 4 is 12.0 Å². The molecule has 0 spiro atoms. The second-order valence-corrected chi connectivity index (χ2v) is 6.09. The van der Waals surface area contributed by atoms with Gasteiger partial charge in [0.25, 0.3) is 0 Å². The molecule has 0 aliphatic carbocycles. The van der Waals surface area contributed by atoms with Crippen molar-refractivity contribution in [2.75, 3.05) is 34.4 Å². The molecule has 0 aromatic heterocycles. The molecule has 0 heterocycles. The summed E-state index contributed by atoms with van der Waals surface area (Å²) in [7, 11) is 2.99. The van der Waals surface area contributed by atoms with E-state index in [0.29, 0.717) is 0 Å². The molecule has 0 bridgehead atoms. The van der Waals surface area contributed by atoms with Crippen molar-refractivity contribution in [1.29, 1.82) is 0 Å². The molecule has 158 valence electrons. The van der Waals surface area contributed by atoms with E-state index in [2.05, 4.69) is 10.6 Å². The van der Waals surface area contributed by atoms with Crippen LogP contribution in [0.25, 0.3) is 0 Å². The first-order valence-electron chi connectivity index (χ1n) is 8.94. The summed E-state index contributed by atoms with van der Waals surface area (Å²) in [5.74, 6) is -0.423. The lowest BCUT2D eigenvalue weighted by Gasteiger charge is -2.24. The van der Waals surface area contributed by atoms with Crippen LogP contribution < -0.4 is 10.6 Å². The van der Waals surface area contributed by atoms with Crippen LogP contribution in [0.5, 0.6) is 0 Å². The zero-order chi connectivity index (χ0) is 20.8. The highest BCUT2D eigenvalue weighted by Gasteiger charge is 2.28. The molecular weight excluding hydrogens is 368 g/mol. The minimum absolute atomic E-state index is 0.0148. The Morgan fingerprint density at radius 2 is 1.64 bits per heavy atom. The Morgan fingerprint density at radius 3 is 2.29 bits per heavy atom. The zero-order valence-electron chi connectivity index (χ0n) is 16.8. The Balaban J connectivity index is 2.59. The third-order valence-electron chi connectivity index (χ3n) is 3.72. The predicted molar refractivity (Wildman–Crippen MR) is 101 cm³/mol. The van der Waals surface area contributed by atoms with Crippen LogP contribution in [0.4, 0.5) is 4.79 Å². The van der Waals surface area contributed by atoms with Gasteiger partial charge in [0, 0.05) is 20.8 Å². The molecule has 1 rings (SSSR count). The van der Waals surface area contributed by atoms with Crippen LogP contribution in [-0.4, -0.2) is 64.6 Å². The van der Waals surface area contributed by atoms with Gasteiger partial charge >= 0.3 is 6.09 Å². The van der Waals surface area contributed by atoms with Crippen molar-refractivity contribution in [2.24, 2.45) is 0 Å². The molecule has 9 heteroatoms. The first kappa shape index (κ1) is 23.8. The number of benzene rings is 1. The number of methoxy groups -OCH3 is 2. The lowest BCUT2D eigenvalue weighted by molar-refractivity contribution is -0.132. The fourth-order valence-electron chi connectivity index (χ4n) is 2.16. The second-order valence-electron chi connectivity index (χ2n) is 6.09. The topological polar surface area (TPSA) is 104 Å². The van der Waals surface area contributed by atoms with E-state index in [1.54, 1.807) is 13.8 Å². The Morgan fingerprint density at radius 1 is 1.00 bits per heavy atom. The van der Waals surface area contributed by atoms with Gasteiger partial charge in [0.2, 0.25) is 5.91 Å². The van der Waals surface area contributed by atoms with Gasteiger partial charge in [-0.2, -0.15) is 0 Å². The number of ether oxygens (including phenoxy) is 5. The number of amides is 2. The van der Waals surface area contributed by atoms with Crippen LogP contribution in [-0.2, 0) is 35.1 Å². The number of carbonyl (C=O) groups excluding carboxylic acids is 2. The van der Waals surface area contributed by atoms with Crippen LogP contribution in [0.15, 0.2) is 30.3 Å². The summed E-state index contributed by atoms with van der Waals surface area (Å²) in [4.78, 5) is 24.7. The molecule has 0 aliphatic heterocycles. The molecule has 9 nitrogen and oxygen atoms in total. The molecule has 2 amide bonds. The van der Waals surface area contributed by atoms with Crippen LogP contribution in [0.3, 0.4) is 0 Å². The van der Waals surface area contributed by atoms with Crippen LogP contribution in [0.2, 0.25) is 0 Å². The van der Waals surface area contributed by atoms with Gasteiger partial charge in [0.05, 0.1) is 12.2 Å². The van der Waals surface area contributed by atoms with Crippen molar-refractivity contribution in [3.05, 3.63) is 35.9 Å². The molecular formula is C19H30N2O7. The molecule has 0 radical (unpaired) electrons. The quantitative estimate of drug-likeness (QED) is 0.484. The summed E-state index contributed by atoms with van der Waals surface area (Å²) in [5, 5.41) is 5.26. The second kappa shape index (κ2) is 13.9. The minimum Gasteiger partial charge on any atom is -0.445 e. The number of nitrogens with one attached hydrogen (secondary N) is 2. The summed E-state index contributed by atoms with van der Waals surface area (Å²) in [5.41, 5.74) is 0.839. The number of alkyl carbamates (subject to hydrolysis) is 1. The molecule has 28 heavy (non-hydrogen) atoms. The maximum atomic E-state index is 12.5. The van der Waals surface area contributed by atoms with Crippen molar-refractivity contribution in [3.63, 3.8) is 0 Å². The maximum Gasteiger partial charge on any atom is 0.408 e. The van der Waals surface area contributed by atoms with Crippen LogP contribution in [0, 0.1) is 0 Å². The van der Waals surface area contributed by atoms with Crippen LogP contribution in [0.1, 0.15) is 19.4 Å². The maximum absolute atomic E-state index is 12.5. The van der Waals surface area contributed by atoms with Crippen LogP contribution >= 0.6 is 0 Å². The third kappa shape index (κ3) is 9.65. The van der Waals surface area contributed by atoms with Crippen molar-refractivity contribution < 1.29 is 33.3 Å². The summed E-state index contributed by atoms with van der Waals surface area (Å²) in [6, 6.07) is 8.27. The van der Waals surface area contributed by atoms with Gasteiger partial charge in [-0.25, -0.2) is 4.79 Å². The minimum atomic E-state index is -0.965. The lowest BCUT2D eigenvalue weighted by Crippen LogP contribution is -2.54. The van der Waals surface area contributed by atoms with E-state index in [1.165, 1.54) is 14.2 Å². The van der Waals surface area contributed by atoms with E-state index < -0.39 is 24.1 Å². The van der Waals surface area contributed by atoms with Gasteiger partial charge in [-0.1, -0.05) is 30.3 Å². The molecule has 0 aliphatic rings. The van der Waals surface area contributed by atoms with Crippen molar-refractivity contribution in [2.45, 2.75) is 38.7 Å². The van der Waals surface area contributed by atoms with E-state index in [0.717, 1.165) is 5.56 Å². The smallest absolute Gasteiger partial charge is 0.408 e. The average molecular weight is 398 g/mol. The molecule has 1 aromatic carbocycles. The van der Waals surface area contributed by atoms with E-state index in [1.807, 2.05) is 30.3 Å². The molecule has 3 atom stereocenters. The van der Waals surface area contributed by atoms with E-state index in [-0.39, 0.29) is 32.8 Å². The predicted octanol–water partition coefficient (Wildman–Crippen LogP) is 1.42. The van der Waals surface area contributed by atoms with Gasteiger partial charge < -0.3 is 34.3 Å². The van der Waals surface area contributed by atoms with Gasteiger partial charge in [-0.15, -0.1) is 0 Å². The lowest BCUT2D eigenvalue weighted by atomic mass is 10.1. The van der Waals surface area contributed by atoms with Gasteiger partial charge in [0.1, 0.15) is 26.2 Å². The summed E-state index contributed by atoms with van der Waals surface area (Å²) in [6.07, 6.45) is -1.62. The van der Waals surface area contributed by atoms with Gasteiger partial charge in [-0.05, 0) is 19.4 Å². The largest absolute Gasteiger partial charge is 0.445 e. The standard InChI is InChI=1S/C19H30N2O7/c1-14(27-12-24-3)10-20-18(22)17(15(2)28-13-25-4)21-19(23)26-11-16-8-6-5-7-9-16/h5-9,14-15,17H,10-13H2,1-4H3,(H,20,22)(H,21,23)/t14-,15+,17-/m0/s1. The SMILES string of the molecule is COCO[C@@H](C)CNC(=O)[C@@H](NC(=O)OCc1ccccc1)[C@@H](C)OCOC. The number of rotatable bonds is 13. The average Bonchev–Trinajstić information content (AvgIpc) is 2.71. The van der Waals surface area contributed by atoms with Gasteiger partial charge in [0.15, 0.2) is 0 Å². The molecule has 0 saturated carbocycles. The van der Waals surface area contributed by atoms with Gasteiger partial charge in [-0.3, -0.25) is 4.79 Å². The first-order valence-corrected chi connectivity index (χ1v) is 8.94. The molecule has 1 aromatic rings. The summed E-state index contributed by atoms with van der Waals surface area (Å²) >= 11 is 0. The zero-order valence-corrected chi connectivity index (χ0v) is 16.8. The first-order chi connectivity index (χ1) is 13.5. The highest BCUT2D eigenvalue weighted by atomic mass is 16.7. The molecule has 0 fully saturated rings. The normalized spacial score (nSPS) is 14.0. The highest BCUT2D eigenvalue weighted by Crippen LogP contribution is 2.04. The number of carbonyl (C=O) groups is 2. The Labute approximate surface area is 165 Å².